The number of anilines is 2. The molecule has 14 heteroatoms. The maximum Gasteiger partial charge on any atom is 0.379 e. The zero-order chi connectivity index (χ0) is 26.5. The van der Waals surface area contributed by atoms with Crippen molar-refractivity contribution in [2.45, 2.75) is 13.0 Å². The molecule has 3 N–H and O–H groups in total. The van der Waals surface area contributed by atoms with Crippen molar-refractivity contribution in [3.63, 3.8) is 0 Å². The fourth-order valence-electron chi connectivity index (χ4n) is 3.46. The van der Waals surface area contributed by atoms with Crippen LogP contribution in [0.15, 0.2) is 45.7 Å². The Hall–Kier alpha value is -4.43. The van der Waals surface area contributed by atoms with E-state index in [1.54, 1.807) is 31.2 Å². The smallest absolute Gasteiger partial charge is 0.379 e. The Balaban J connectivity index is 1.75. The Labute approximate surface area is 214 Å². The van der Waals surface area contributed by atoms with Gasteiger partial charge >= 0.3 is 5.63 Å². The van der Waals surface area contributed by atoms with E-state index in [2.05, 4.69) is 20.6 Å². The molecule has 0 fully saturated rings. The van der Waals surface area contributed by atoms with Crippen LogP contribution in [0.1, 0.15) is 17.5 Å². The van der Waals surface area contributed by atoms with Crippen molar-refractivity contribution in [2.24, 2.45) is 0 Å². The van der Waals surface area contributed by atoms with E-state index in [0.29, 0.717) is 28.0 Å². The first-order chi connectivity index (χ1) is 17.9. The number of amides is 1. The van der Waals surface area contributed by atoms with Crippen molar-refractivity contribution in [3.8, 4) is 33.5 Å². The lowest BCUT2D eigenvalue weighted by molar-refractivity contribution is 0.0886. The lowest BCUT2D eigenvalue weighted by Crippen LogP contribution is -2.23. The number of carbonyl (C=O) groups excluding carboxylic acids is 1. The molecular formula is C23H24N6O7S. The number of nitrogen functional groups attached to an aromatic ring is 1. The molecule has 1 aromatic carbocycles. The maximum atomic E-state index is 13.1. The lowest BCUT2D eigenvalue weighted by Gasteiger charge is -2.19. The van der Waals surface area contributed by atoms with Crippen LogP contribution in [0.5, 0.6) is 17.2 Å². The topological polar surface area (TPSA) is 166 Å². The minimum absolute atomic E-state index is 0.128. The van der Waals surface area contributed by atoms with Gasteiger partial charge in [-0.15, -0.1) is 10.2 Å². The molecule has 194 valence electrons. The summed E-state index contributed by atoms with van der Waals surface area (Å²) in [5, 5.41) is 15.0. The minimum Gasteiger partial charge on any atom is -0.496 e. The maximum absolute atomic E-state index is 13.1. The second kappa shape index (κ2) is 11.1. The van der Waals surface area contributed by atoms with Crippen LogP contribution in [0, 0.1) is 0 Å². The number of aromatic nitrogens is 4. The molecule has 0 bridgehead atoms. The summed E-state index contributed by atoms with van der Waals surface area (Å²) in [6, 6.07) is 8.09. The summed E-state index contributed by atoms with van der Waals surface area (Å²) in [5.74, 6) is -0.0165. The molecule has 1 amide bonds. The largest absolute Gasteiger partial charge is 0.496 e. The summed E-state index contributed by atoms with van der Waals surface area (Å²) in [5.41, 5.74) is 5.61. The van der Waals surface area contributed by atoms with Crippen molar-refractivity contribution >= 4 is 28.2 Å². The third-order valence-corrected chi connectivity index (χ3v) is 5.85. The predicted octanol–water partition coefficient (Wildman–Crippen LogP) is 2.61. The average molecular weight is 529 g/mol. The number of methoxy groups -OCH3 is 3. The zero-order valence-electron chi connectivity index (χ0n) is 20.4. The molecule has 0 saturated heterocycles. The molecule has 13 nitrogen and oxygen atoms in total. The number of benzene rings is 1. The number of nitrogens with two attached hydrogens (primary N) is 1. The highest BCUT2D eigenvalue weighted by atomic mass is 32.1. The summed E-state index contributed by atoms with van der Waals surface area (Å²) in [7, 11) is 4.47. The van der Waals surface area contributed by atoms with Gasteiger partial charge in [-0.1, -0.05) is 17.4 Å². The van der Waals surface area contributed by atoms with E-state index in [4.69, 9.17) is 29.1 Å². The number of hydrogen-bond donors (Lipinski definition) is 2. The van der Waals surface area contributed by atoms with Crippen molar-refractivity contribution in [1.29, 1.82) is 0 Å². The lowest BCUT2D eigenvalue weighted by atomic mass is 10.0. The van der Waals surface area contributed by atoms with Gasteiger partial charge in [0.05, 0.1) is 32.6 Å². The summed E-state index contributed by atoms with van der Waals surface area (Å²) in [6.45, 7) is 1.94. The molecule has 0 aliphatic carbocycles. The van der Waals surface area contributed by atoms with E-state index in [1.165, 1.54) is 38.3 Å². The van der Waals surface area contributed by atoms with Gasteiger partial charge in [-0.05, 0) is 25.1 Å². The molecule has 0 aliphatic heterocycles. The van der Waals surface area contributed by atoms with Crippen LogP contribution in [0.25, 0.3) is 16.3 Å². The van der Waals surface area contributed by atoms with E-state index in [0.717, 1.165) is 11.3 Å². The monoisotopic (exact) mass is 528 g/mol. The van der Waals surface area contributed by atoms with Crippen molar-refractivity contribution in [2.75, 3.05) is 39.0 Å². The second-order valence-electron chi connectivity index (χ2n) is 7.57. The first-order valence-electron chi connectivity index (χ1n) is 10.9. The van der Waals surface area contributed by atoms with E-state index in [1.807, 2.05) is 0 Å². The molecule has 4 aromatic rings. The van der Waals surface area contributed by atoms with Crippen LogP contribution < -0.4 is 30.9 Å². The fraction of sp³-hybridized carbons (Fsp3) is 0.261. The molecule has 0 unspecified atom stereocenters. The Kier molecular flexibility index (Phi) is 7.69. The molecule has 3 heterocycles. The SMILES string of the molecule is COC[C@@H](C)Oc1c(-c2c(OC)cccc2OC)cc(C(=O)Nc2nnc(-n3nccc3N)s2)oc1=O. The van der Waals surface area contributed by atoms with Crippen LogP contribution in [0.2, 0.25) is 0 Å². The molecular weight excluding hydrogens is 504 g/mol. The number of ether oxygens (including phenoxy) is 4. The second-order valence-corrected chi connectivity index (χ2v) is 8.53. The standard InChI is InChI=1S/C23H24N6O7S/c1-12(11-32-2)35-19-13(18-14(33-3)6-5-7-15(18)34-4)10-16(36-21(19)31)20(30)26-22-27-28-23(37-22)29-17(24)8-9-25-29/h5-10,12H,11,24H2,1-4H3,(H,26,27,30)/t12-/m1/s1. The van der Waals surface area contributed by atoms with Crippen LogP contribution in [-0.4, -0.2) is 59.9 Å². The fourth-order valence-corrected chi connectivity index (χ4v) is 4.18. The number of rotatable bonds is 10. The Morgan fingerprint density at radius 2 is 1.92 bits per heavy atom. The summed E-state index contributed by atoms with van der Waals surface area (Å²) >= 11 is 1.03. The number of carbonyl (C=O) groups is 1. The van der Waals surface area contributed by atoms with Crippen LogP contribution in [-0.2, 0) is 4.74 Å². The minimum atomic E-state index is -0.874. The van der Waals surface area contributed by atoms with Gasteiger partial charge < -0.3 is 29.1 Å². The van der Waals surface area contributed by atoms with Crippen molar-refractivity contribution in [1.82, 2.24) is 20.0 Å². The molecule has 37 heavy (non-hydrogen) atoms. The van der Waals surface area contributed by atoms with E-state index >= 15 is 0 Å². The predicted molar refractivity (Wildman–Crippen MR) is 135 cm³/mol. The Morgan fingerprint density at radius 1 is 1.19 bits per heavy atom. The highest BCUT2D eigenvalue weighted by molar-refractivity contribution is 7.17. The van der Waals surface area contributed by atoms with Gasteiger partial charge in [0.1, 0.15) is 23.4 Å². The van der Waals surface area contributed by atoms with Gasteiger partial charge in [-0.2, -0.15) is 9.78 Å². The molecule has 4 rings (SSSR count). The Bertz CT molecular complexity index is 1440. The Morgan fingerprint density at radius 3 is 2.54 bits per heavy atom. The van der Waals surface area contributed by atoms with Gasteiger partial charge in [-0.25, -0.2) is 4.79 Å². The molecule has 3 aromatic heterocycles. The van der Waals surface area contributed by atoms with Crippen molar-refractivity contribution in [3.05, 3.63) is 52.7 Å². The number of nitrogens with one attached hydrogen (secondary N) is 1. The quantitative estimate of drug-likeness (QED) is 0.311. The summed E-state index contributed by atoms with van der Waals surface area (Å²) in [6.07, 6.45) is 1.01. The molecule has 1 atom stereocenters. The molecule has 0 saturated carbocycles. The zero-order valence-corrected chi connectivity index (χ0v) is 21.2. The van der Waals surface area contributed by atoms with E-state index in [9.17, 15) is 9.59 Å². The third kappa shape index (κ3) is 5.39. The van der Waals surface area contributed by atoms with E-state index in [-0.39, 0.29) is 28.8 Å². The molecule has 0 radical (unpaired) electrons. The average Bonchev–Trinajstić information content (AvgIpc) is 3.53. The highest BCUT2D eigenvalue weighted by Crippen LogP contribution is 2.42. The van der Waals surface area contributed by atoms with Gasteiger partial charge in [0.25, 0.3) is 5.91 Å². The number of hydrogen-bond acceptors (Lipinski definition) is 12. The van der Waals surface area contributed by atoms with E-state index < -0.39 is 17.6 Å². The summed E-state index contributed by atoms with van der Waals surface area (Å²) < 4.78 is 28.7. The first kappa shape index (κ1) is 25.7. The van der Waals surface area contributed by atoms with Gasteiger partial charge in [0.15, 0.2) is 5.76 Å². The molecule has 0 aliphatic rings. The van der Waals surface area contributed by atoms with Crippen LogP contribution in [0.3, 0.4) is 0 Å². The van der Waals surface area contributed by atoms with Gasteiger partial charge in [0.2, 0.25) is 16.0 Å². The van der Waals surface area contributed by atoms with Crippen LogP contribution >= 0.6 is 11.3 Å². The van der Waals surface area contributed by atoms with Gasteiger partial charge in [-0.3, -0.25) is 10.1 Å². The van der Waals surface area contributed by atoms with Crippen molar-refractivity contribution < 1.29 is 28.2 Å². The molecule has 0 spiro atoms. The third-order valence-electron chi connectivity index (χ3n) is 5.04. The van der Waals surface area contributed by atoms with Crippen LogP contribution in [0.4, 0.5) is 10.9 Å². The normalized spacial score (nSPS) is 11.7. The summed E-state index contributed by atoms with van der Waals surface area (Å²) in [4.78, 5) is 26.2. The first-order valence-corrected chi connectivity index (χ1v) is 11.7. The highest BCUT2D eigenvalue weighted by Gasteiger charge is 2.25. The number of nitrogens with zero attached hydrogens (tertiary/aromatic N) is 4. The van der Waals surface area contributed by atoms with Gasteiger partial charge in [0, 0.05) is 18.7 Å².